The molecule has 4 fully saturated rings. The van der Waals surface area contributed by atoms with Crippen LogP contribution >= 0.6 is 0 Å². The van der Waals surface area contributed by atoms with Crippen LogP contribution in [-0.2, 0) is 4.79 Å². The molecule has 192 valence electrons. The summed E-state index contributed by atoms with van der Waals surface area (Å²) in [5.74, 6) is -0.0182. The van der Waals surface area contributed by atoms with Crippen molar-refractivity contribution in [3.05, 3.63) is 12.2 Å². The van der Waals surface area contributed by atoms with E-state index in [2.05, 4.69) is 47.6 Å². The van der Waals surface area contributed by atoms with Gasteiger partial charge in [0.1, 0.15) is 0 Å². The predicted molar refractivity (Wildman–Crippen MR) is 131 cm³/mol. The van der Waals surface area contributed by atoms with Crippen LogP contribution in [0.15, 0.2) is 12.2 Å². The van der Waals surface area contributed by atoms with Gasteiger partial charge in [-0.05, 0) is 90.8 Å². The average Bonchev–Trinajstić information content (AvgIpc) is 2.73. The van der Waals surface area contributed by atoms with Gasteiger partial charge >= 0.3 is 5.97 Å². The highest BCUT2D eigenvalue weighted by Crippen LogP contribution is 2.72. The van der Waals surface area contributed by atoms with Gasteiger partial charge in [-0.1, -0.05) is 53.7 Å². The molecule has 0 aromatic rings. The maximum Gasteiger partial charge on any atom is 0.310 e. The first-order valence-electron chi connectivity index (χ1n) is 13.7. The van der Waals surface area contributed by atoms with E-state index >= 15 is 0 Å². The van der Waals surface area contributed by atoms with E-state index in [-0.39, 0.29) is 45.8 Å². The second kappa shape index (κ2) is 7.32. The molecule has 0 unspecified atom stereocenters. The Balaban J connectivity index is 1.62. The lowest BCUT2D eigenvalue weighted by Crippen LogP contribution is -2.70. The van der Waals surface area contributed by atoms with Crippen molar-refractivity contribution in [1.29, 1.82) is 0 Å². The summed E-state index contributed by atoms with van der Waals surface area (Å²) in [6, 6.07) is 0. The minimum atomic E-state index is -1.12. The number of allylic oxidation sites excluding steroid dienone is 1. The molecule has 5 heteroatoms. The van der Waals surface area contributed by atoms with Crippen LogP contribution in [0.2, 0.25) is 0 Å². The second-order valence-corrected chi connectivity index (χ2v) is 14.3. The summed E-state index contributed by atoms with van der Waals surface area (Å²) in [6.45, 7) is 13.2. The molecule has 0 saturated heterocycles. The van der Waals surface area contributed by atoms with Crippen LogP contribution in [-0.4, -0.2) is 44.2 Å². The Bertz CT molecular complexity index is 897. The van der Waals surface area contributed by atoms with E-state index < -0.39 is 29.2 Å². The first-order valence-corrected chi connectivity index (χ1v) is 13.7. The third kappa shape index (κ3) is 2.81. The Kier molecular flexibility index (Phi) is 5.33. The number of aliphatic hydroxyl groups excluding tert-OH is 2. The molecule has 5 aliphatic carbocycles. The SMILES string of the molecule is C[C@H]1[C@@H](C)CC[C@]2(C(=O)O)CC[C@@H]3[C@](O)(C=C[C@H]4[C@@]3(C)CC[C@H]3C(C)(C)[C@@H](O)[C@H](O)C[C@]43C)[C@@H]12. The molecular formula is C29H46O5. The molecule has 12 atom stereocenters. The molecule has 0 aliphatic heterocycles. The van der Waals surface area contributed by atoms with E-state index in [1.807, 2.05) is 6.08 Å². The summed E-state index contributed by atoms with van der Waals surface area (Å²) < 4.78 is 0. The summed E-state index contributed by atoms with van der Waals surface area (Å²) in [7, 11) is 0. The number of carboxylic acids is 1. The average molecular weight is 475 g/mol. The minimum Gasteiger partial charge on any atom is -0.481 e. The highest BCUT2D eigenvalue weighted by atomic mass is 16.4. The fourth-order valence-corrected chi connectivity index (χ4v) is 10.9. The van der Waals surface area contributed by atoms with Crippen molar-refractivity contribution in [1.82, 2.24) is 0 Å². The van der Waals surface area contributed by atoms with Gasteiger partial charge in [0.15, 0.2) is 0 Å². The summed E-state index contributed by atoms with van der Waals surface area (Å²) in [6.07, 6.45) is 8.16. The van der Waals surface area contributed by atoms with Gasteiger partial charge < -0.3 is 20.4 Å². The van der Waals surface area contributed by atoms with Crippen LogP contribution in [0.3, 0.4) is 0 Å². The van der Waals surface area contributed by atoms with Gasteiger partial charge in [-0.2, -0.15) is 0 Å². The molecule has 0 heterocycles. The van der Waals surface area contributed by atoms with Gasteiger partial charge in [-0.3, -0.25) is 4.79 Å². The maximum atomic E-state index is 12.7. The normalized spacial score (nSPS) is 58.1. The smallest absolute Gasteiger partial charge is 0.310 e. The summed E-state index contributed by atoms with van der Waals surface area (Å²) in [5, 5.41) is 44.7. The summed E-state index contributed by atoms with van der Waals surface area (Å²) >= 11 is 0. The number of carbonyl (C=O) groups is 1. The standard InChI is InChI=1S/C29H46O5/c1-16-7-12-28(24(32)33)13-9-21-26(5)11-8-19-25(3,4)23(31)18(30)15-27(19,6)20(26)10-14-29(21,34)22(28)17(16)2/h10,14,16-23,30-31,34H,7-9,11-13,15H2,1-6H3,(H,32,33)/t16-,17-,18+,19-,20-,21-,22-,23-,26+,27-,28-,29+/m0/s1. The third-order valence-electron chi connectivity index (χ3n) is 12.6. The van der Waals surface area contributed by atoms with Crippen molar-refractivity contribution in [3.63, 3.8) is 0 Å². The van der Waals surface area contributed by atoms with Crippen molar-refractivity contribution in [2.45, 2.75) is 104 Å². The monoisotopic (exact) mass is 474 g/mol. The van der Waals surface area contributed by atoms with E-state index in [4.69, 9.17) is 0 Å². The first kappa shape index (κ1) is 24.8. The van der Waals surface area contributed by atoms with Crippen molar-refractivity contribution < 1.29 is 25.2 Å². The van der Waals surface area contributed by atoms with Gasteiger partial charge in [0.25, 0.3) is 0 Å². The Morgan fingerprint density at radius 2 is 1.53 bits per heavy atom. The van der Waals surface area contributed by atoms with Crippen molar-refractivity contribution in [2.75, 3.05) is 0 Å². The largest absolute Gasteiger partial charge is 0.481 e. The molecule has 4 saturated carbocycles. The van der Waals surface area contributed by atoms with Crippen LogP contribution in [0.5, 0.6) is 0 Å². The molecule has 0 spiro atoms. The number of hydrogen-bond acceptors (Lipinski definition) is 4. The molecule has 0 aromatic carbocycles. The predicted octanol–water partition coefficient (Wildman–Crippen LogP) is 4.64. The Morgan fingerprint density at radius 3 is 2.18 bits per heavy atom. The molecule has 0 radical (unpaired) electrons. The maximum absolute atomic E-state index is 12.7. The Hall–Kier alpha value is -0.910. The topological polar surface area (TPSA) is 98.0 Å². The number of aliphatic carboxylic acids is 1. The van der Waals surface area contributed by atoms with Crippen LogP contribution in [0, 0.1) is 57.2 Å². The molecule has 5 nitrogen and oxygen atoms in total. The van der Waals surface area contributed by atoms with E-state index in [1.165, 1.54) is 0 Å². The highest BCUT2D eigenvalue weighted by molar-refractivity contribution is 5.76. The molecular weight excluding hydrogens is 428 g/mol. The number of carboxylic acid groups (broad SMARTS) is 1. The van der Waals surface area contributed by atoms with Gasteiger partial charge in [-0.15, -0.1) is 0 Å². The zero-order chi connectivity index (χ0) is 25.1. The number of aliphatic hydroxyl groups is 3. The highest BCUT2D eigenvalue weighted by Gasteiger charge is 2.71. The Morgan fingerprint density at radius 1 is 0.912 bits per heavy atom. The lowest BCUT2D eigenvalue weighted by Gasteiger charge is -2.70. The summed E-state index contributed by atoms with van der Waals surface area (Å²) in [5.41, 5.74) is -2.70. The molecule has 0 aromatic heterocycles. The van der Waals surface area contributed by atoms with E-state index in [0.717, 1.165) is 25.7 Å². The number of fused-ring (bicyclic) bond motifs is 7. The number of rotatable bonds is 1. The van der Waals surface area contributed by atoms with Gasteiger partial charge in [0.2, 0.25) is 0 Å². The molecule has 34 heavy (non-hydrogen) atoms. The second-order valence-electron chi connectivity index (χ2n) is 14.3. The van der Waals surface area contributed by atoms with E-state index in [9.17, 15) is 25.2 Å². The van der Waals surface area contributed by atoms with Crippen molar-refractivity contribution in [2.24, 2.45) is 57.2 Å². The fourth-order valence-electron chi connectivity index (χ4n) is 10.9. The third-order valence-corrected chi connectivity index (χ3v) is 12.6. The van der Waals surface area contributed by atoms with Crippen LogP contribution in [0.1, 0.15) is 86.5 Å². The zero-order valence-corrected chi connectivity index (χ0v) is 21.9. The van der Waals surface area contributed by atoms with Gasteiger partial charge in [0.05, 0.1) is 23.2 Å². The quantitative estimate of drug-likeness (QED) is 0.415. The lowest BCUT2D eigenvalue weighted by molar-refractivity contribution is -0.250. The van der Waals surface area contributed by atoms with Gasteiger partial charge in [0, 0.05) is 5.92 Å². The van der Waals surface area contributed by atoms with Crippen molar-refractivity contribution >= 4 is 5.97 Å². The molecule has 0 bridgehead atoms. The van der Waals surface area contributed by atoms with E-state index in [1.54, 1.807) is 0 Å². The lowest BCUT2D eigenvalue weighted by atomic mass is 9.35. The molecule has 4 N–H and O–H groups in total. The van der Waals surface area contributed by atoms with Crippen LogP contribution in [0.4, 0.5) is 0 Å². The molecule has 5 aliphatic rings. The molecule has 0 amide bonds. The van der Waals surface area contributed by atoms with Crippen LogP contribution in [0.25, 0.3) is 0 Å². The molecule has 5 rings (SSSR count). The fraction of sp³-hybridized carbons (Fsp3) is 0.897. The van der Waals surface area contributed by atoms with Crippen molar-refractivity contribution in [3.8, 4) is 0 Å². The number of hydrogen-bond donors (Lipinski definition) is 4. The minimum absolute atomic E-state index is 0.00473. The van der Waals surface area contributed by atoms with Crippen LogP contribution < -0.4 is 0 Å². The zero-order valence-electron chi connectivity index (χ0n) is 21.9. The summed E-state index contributed by atoms with van der Waals surface area (Å²) in [4.78, 5) is 12.7. The first-order chi connectivity index (χ1) is 15.7. The van der Waals surface area contributed by atoms with Gasteiger partial charge in [-0.25, -0.2) is 0 Å². The van der Waals surface area contributed by atoms with E-state index in [0.29, 0.717) is 25.2 Å². The Labute approximate surface area is 205 Å².